The molecule has 0 aromatic heterocycles. The summed E-state index contributed by atoms with van der Waals surface area (Å²) < 4.78 is 0. The van der Waals surface area contributed by atoms with E-state index in [1.807, 2.05) is 0 Å². The van der Waals surface area contributed by atoms with Crippen LogP contribution in [0.2, 0.25) is 0 Å². The Kier molecular flexibility index (Phi) is 8.13. The van der Waals surface area contributed by atoms with Crippen molar-refractivity contribution in [2.45, 2.75) is 78.7 Å². The van der Waals surface area contributed by atoms with Gasteiger partial charge in [0.15, 0.2) is 0 Å². The fourth-order valence-electron chi connectivity index (χ4n) is 3.67. The zero-order valence-corrected chi connectivity index (χ0v) is 14.7. The number of hydrogen-bond acceptors (Lipinski definition) is 2. The second kappa shape index (κ2) is 9.04. The first-order valence-electron chi connectivity index (χ1n) is 8.95. The number of nitrogens with zero attached hydrogens (tertiary/aromatic N) is 1. The van der Waals surface area contributed by atoms with Crippen LogP contribution in [0, 0.1) is 11.3 Å². The fraction of sp³-hybridized carbons (Fsp3) is 1.00. The molecule has 1 rings (SSSR count). The fourth-order valence-corrected chi connectivity index (χ4v) is 3.67. The Labute approximate surface area is 127 Å². The first kappa shape index (κ1) is 18.0. The number of nitrogens with one attached hydrogen (secondary N) is 1. The molecule has 0 saturated heterocycles. The van der Waals surface area contributed by atoms with Crippen LogP contribution in [0.5, 0.6) is 0 Å². The summed E-state index contributed by atoms with van der Waals surface area (Å²) in [6, 6.07) is 0.864. The van der Waals surface area contributed by atoms with E-state index in [4.69, 9.17) is 0 Å². The summed E-state index contributed by atoms with van der Waals surface area (Å²) in [5.74, 6) is 0.820. The summed E-state index contributed by atoms with van der Waals surface area (Å²) in [6.07, 6.45) is 9.67. The lowest BCUT2D eigenvalue weighted by atomic mass is 9.81. The van der Waals surface area contributed by atoms with Gasteiger partial charge in [-0.2, -0.15) is 0 Å². The molecule has 0 aliphatic heterocycles. The van der Waals surface area contributed by atoms with Gasteiger partial charge in [-0.05, 0) is 57.0 Å². The third-order valence-corrected chi connectivity index (χ3v) is 5.43. The molecule has 0 atom stereocenters. The van der Waals surface area contributed by atoms with Gasteiger partial charge in [-0.3, -0.25) is 4.90 Å². The lowest BCUT2D eigenvalue weighted by Gasteiger charge is -2.40. The van der Waals surface area contributed by atoms with E-state index < -0.39 is 0 Å². The normalized spacial score (nSPS) is 17.6. The predicted octanol–water partition coefficient (Wildman–Crippen LogP) is 4.30. The molecule has 0 aromatic carbocycles. The van der Waals surface area contributed by atoms with Gasteiger partial charge >= 0.3 is 0 Å². The summed E-state index contributed by atoms with van der Waals surface area (Å²) in [6.45, 7) is 13.2. The van der Waals surface area contributed by atoms with Crippen molar-refractivity contribution in [2.75, 3.05) is 26.7 Å². The minimum atomic E-state index is 0.467. The molecule has 120 valence electrons. The van der Waals surface area contributed by atoms with Crippen molar-refractivity contribution in [2.24, 2.45) is 11.3 Å². The van der Waals surface area contributed by atoms with Crippen molar-refractivity contribution >= 4 is 0 Å². The second-order valence-corrected chi connectivity index (χ2v) is 7.33. The van der Waals surface area contributed by atoms with Crippen LogP contribution in [0.3, 0.4) is 0 Å². The summed E-state index contributed by atoms with van der Waals surface area (Å²) in [5.41, 5.74) is 0.467. The van der Waals surface area contributed by atoms with Crippen molar-refractivity contribution in [1.82, 2.24) is 10.2 Å². The molecule has 20 heavy (non-hydrogen) atoms. The molecular weight excluding hydrogens is 244 g/mol. The third kappa shape index (κ3) is 5.37. The molecule has 2 nitrogen and oxygen atoms in total. The largest absolute Gasteiger partial charge is 0.319 e. The van der Waals surface area contributed by atoms with Gasteiger partial charge in [-0.1, -0.05) is 40.5 Å². The van der Waals surface area contributed by atoms with E-state index in [-0.39, 0.29) is 0 Å². The Bertz CT molecular complexity index is 240. The van der Waals surface area contributed by atoms with Crippen molar-refractivity contribution in [3.63, 3.8) is 0 Å². The van der Waals surface area contributed by atoms with Crippen molar-refractivity contribution < 1.29 is 0 Å². The quantitative estimate of drug-likeness (QED) is 0.642. The summed E-state index contributed by atoms with van der Waals surface area (Å²) in [4.78, 5) is 2.84. The Morgan fingerprint density at radius 1 is 1.15 bits per heavy atom. The average molecular weight is 283 g/mol. The molecule has 0 spiro atoms. The molecule has 0 radical (unpaired) electrons. The Morgan fingerprint density at radius 3 is 2.20 bits per heavy atom. The minimum absolute atomic E-state index is 0.467. The molecule has 2 heteroatoms. The van der Waals surface area contributed by atoms with Crippen LogP contribution in [-0.4, -0.2) is 37.6 Å². The van der Waals surface area contributed by atoms with Gasteiger partial charge in [-0.15, -0.1) is 0 Å². The molecule has 0 heterocycles. The first-order chi connectivity index (χ1) is 9.56. The Balaban J connectivity index is 2.69. The van der Waals surface area contributed by atoms with Crippen LogP contribution in [0.15, 0.2) is 0 Å². The lowest BCUT2D eigenvalue weighted by molar-refractivity contribution is 0.0959. The summed E-state index contributed by atoms with van der Waals surface area (Å²) in [5, 5.41) is 3.44. The molecule has 1 aliphatic carbocycles. The van der Waals surface area contributed by atoms with Crippen molar-refractivity contribution in [3.8, 4) is 0 Å². The maximum absolute atomic E-state index is 3.44. The molecule has 1 saturated carbocycles. The summed E-state index contributed by atoms with van der Waals surface area (Å²) in [7, 11) is 2.11. The van der Waals surface area contributed by atoms with E-state index in [0.717, 1.165) is 18.5 Å². The molecule has 0 unspecified atom stereocenters. The highest BCUT2D eigenvalue weighted by Gasteiger charge is 2.32. The average Bonchev–Trinajstić information content (AvgIpc) is 2.96. The van der Waals surface area contributed by atoms with Crippen LogP contribution >= 0.6 is 0 Å². The highest BCUT2D eigenvalue weighted by Crippen LogP contribution is 2.31. The third-order valence-electron chi connectivity index (χ3n) is 5.43. The van der Waals surface area contributed by atoms with Gasteiger partial charge in [0.05, 0.1) is 0 Å². The van der Waals surface area contributed by atoms with Gasteiger partial charge in [0.1, 0.15) is 0 Å². The predicted molar refractivity (Wildman–Crippen MR) is 90.2 cm³/mol. The van der Waals surface area contributed by atoms with Crippen LogP contribution in [0.1, 0.15) is 72.6 Å². The SMILES string of the molecule is CCC(CC)(CNC)CN(CCC(C)C)C1CCCC1. The van der Waals surface area contributed by atoms with Crippen molar-refractivity contribution in [3.05, 3.63) is 0 Å². The van der Waals surface area contributed by atoms with Crippen LogP contribution < -0.4 is 5.32 Å². The lowest BCUT2D eigenvalue weighted by Crippen LogP contribution is -2.46. The molecule has 1 aliphatic rings. The molecule has 0 aromatic rings. The first-order valence-corrected chi connectivity index (χ1v) is 8.95. The minimum Gasteiger partial charge on any atom is -0.319 e. The zero-order valence-electron chi connectivity index (χ0n) is 14.7. The standard InChI is InChI=1S/C18H38N2/c1-6-18(7-2,14-19-5)15-20(13-12-16(3)4)17-10-8-9-11-17/h16-17,19H,6-15H2,1-5H3. The van der Waals surface area contributed by atoms with Gasteiger partial charge in [-0.25, -0.2) is 0 Å². The maximum atomic E-state index is 3.44. The van der Waals surface area contributed by atoms with Crippen LogP contribution in [0.4, 0.5) is 0 Å². The van der Waals surface area contributed by atoms with E-state index in [1.165, 1.54) is 58.0 Å². The Morgan fingerprint density at radius 2 is 1.75 bits per heavy atom. The van der Waals surface area contributed by atoms with Gasteiger partial charge in [0, 0.05) is 19.1 Å². The van der Waals surface area contributed by atoms with Gasteiger partial charge < -0.3 is 5.32 Å². The number of rotatable bonds is 10. The van der Waals surface area contributed by atoms with Gasteiger partial charge in [0.2, 0.25) is 0 Å². The second-order valence-electron chi connectivity index (χ2n) is 7.33. The van der Waals surface area contributed by atoms with E-state index in [1.54, 1.807) is 0 Å². The molecular formula is C18H38N2. The zero-order chi connectivity index (χ0) is 15.0. The topological polar surface area (TPSA) is 15.3 Å². The molecule has 1 fully saturated rings. The molecule has 0 amide bonds. The smallest absolute Gasteiger partial charge is 0.00955 e. The van der Waals surface area contributed by atoms with Crippen LogP contribution in [-0.2, 0) is 0 Å². The van der Waals surface area contributed by atoms with Gasteiger partial charge in [0.25, 0.3) is 0 Å². The summed E-state index contributed by atoms with van der Waals surface area (Å²) >= 11 is 0. The van der Waals surface area contributed by atoms with E-state index in [2.05, 4.69) is 45.0 Å². The molecule has 1 N–H and O–H groups in total. The van der Waals surface area contributed by atoms with Crippen molar-refractivity contribution in [1.29, 1.82) is 0 Å². The van der Waals surface area contributed by atoms with E-state index >= 15 is 0 Å². The highest BCUT2D eigenvalue weighted by molar-refractivity contribution is 4.87. The van der Waals surface area contributed by atoms with Crippen LogP contribution in [0.25, 0.3) is 0 Å². The maximum Gasteiger partial charge on any atom is 0.00955 e. The Hall–Kier alpha value is -0.0800. The van der Waals surface area contributed by atoms with E-state index in [0.29, 0.717) is 5.41 Å². The number of hydrogen-bond donors (Lipinski definition) is 1. The highest BCUT2D eigenvalue weighted by atomic mass is 15.2. The van der Waals surface area contributed by atoms with E-state index in [9.17, 15) is 0 Å². The monoisotopic (exact) mass is 282 g/mol. The molecule has 0 bridgehead atoms.